The minimum atomic E-state index is -0.627. The number of benzene rings is 1. The van der Waals surface area contributed by atoms with Crippen LogP contribution in [0.4, 0.5) is 10.1 Å². The van der Waals surface area contributed by atoms with E-state index in [0.717, 1.165) is 17.8 Å². The molecule has 2 aromatic rings. The number of nitro benzene ring substituents is 1. The van der Waals surface area contributed by atoms with Crippen LogP contribution in [0.15, 0.2) is 40.6 Å². The van der Waals surface area contributed by atoms with Crippen LogP contribution in [0.3, 0.4) is 0 Å². The molecule has 0 radical (unpaired) electrons. The molecule has 0 aliphatic carbocycles. The zero-order valence-electron chi connectivity index (χ0n) is 8.83. The van der Waals surface area contributed by atoms with E-state index < -0.39 is 10.7 Å². The molecule has 0 spiro atoms. The molecule has 0 fully saturated rings. The summed E-state index contributed by atoms with van der Waals surface area (Å²) in [4.78, 5) is 14.2. The highest BCUT2D eigenvalue weighted by molar-refractivity contribution is 7.99. The number of hydrogen-bond acceptors (Lipinski definition) is 4. The Morgan fingerprint density at radius 3 is 2.82 bits per heavy atom. The number of nitrogens with zero attached hydrogens (tertiary/aromatic N) is 3. The van der Waals surface area contributed by atoms with E-state index >= 15 is 0 Å². The molecule has 0 N–H and O–H groups in total. The van der Waals surface area contributed by atoms with Crippen LogP contribution >= 0.6 is 11.8 Å². The maximum absolute atomic E-state index is 13.6. The summed E-state index contributed by atoms with van der Waals surface area (Å²) in [6.45, 7) is 0. The van der Waals surface area contributed by atoms with Crippen LogP contribution in [0.1, 0.15) is 0 Å². The Labute approximate surface area is 100 Å². The summed E-state index contributed by atoms with van der Waals surface area (Å²) in [5.74, 6) is -0.618. The monoisotopic (exact) mass is 253 g/mol. The van der Waals surface area contributed by atoms with Crippen LogP contribution in [0, 0.1) is 15.9 Å². The van der Waals surface area contributed by atoms with Gasteiger partial charge in [-0.3, -0.25) is 10.1 Å². The molecule has 1 heterocycles. The van der Waals surface area contributed by atoms with E-state index in [1.165, 1.54) is 12.1 Å². The van der Waals surface area contributed by atoms with Crippen molar-refractivity contribution < 1.29 is 9.31 Å². The van der Waals surface area contributed by atoms with E-state index in [4.69, 9.17) is 0 Å². The highest BCUT2D eigenvalue weighted by Gasteiger charge is 2.12. The first-order valence-electron chi connectivity index (χ1n) is 4.67. The van der Waals surface area contributed by atoms with Gasteiger partial charge in [-0.15, -0.1) is 0 Å². The van der Waals surface area contributed by atoms with Gasteiger partial charge in [-0.1, -0.05) is 0 Å². The van der Waals surface area contributed by atoms with Crippen LogP contribution in [-0.4, -0.2) is 14.5 Å². The van der Waals surface area contributed by atoms with Crippen molar-refractivity contribution in [2.75, 3.05) is 0 Å². The molecule has 1 aromatic heterocycles. The summed E-state index contributed by atoms with van der Waals surface area (Å²) >= 11 is 1.12. The number of halogens is 1. The first kappa shape index (κ1) is 11.6. The molecule has 7 heteroatoms. The summed E-state index contributed by atoms with van der Waals surface area (Å²) in [7, 11) is 1.79. The van der Waals surface area contributed by atoms with Gasteiger partial charge in [-0.25, -0.2) is 9.37 Å². The smallest absolute Gasteiger partial charge is 0.272 e. The van der Waals surface area contributed by atoms with Gasteiger partial charge in [0.1, 0.15) is 5.82 Å². The van der Waals surface area contributed by atoms with Crippen molar-refractivity contribution in [3.05, 3.63) is 46.5 Å². The quantitative estimate of drug-likeness (QED) is 0.623. The second-order valence-corrected chi connectivity index (χ2v) is 4.30. The van der Waals surface area contributed by atoms with E-state index in [0.29, 0.717) is 10.1 Å². The van der Waals surface area contributed by atoms with Crippen molar-refractivity contribution in [2.45, 2.75) is 10.1 Å². The van der Waals surface area contributed by atoms with Gasteiger partial charge in [-0.05, 0) is 17.8 Å². The first-order chi connectivity index (χ1) is 8.08. The fourth-order valence-electron chi connectivity index (χ4n) is 1.23. The molecule has 5 nitrogen and oxygen atoms in total. The molecule has 0 aliphatic heterocycles. The molecule has 17 heavy (non-hydrogen) atoms. The molecule has 0 atom stereocenters. The van der Waals surface area contributed by atoms with Gasteiger partial charge in [0.25, 0.3) is 5.69 Å². The lowest BCUT2D eigenvalue weighted by atomic mass is 10.3. The molecule has 88 valence electrons. The number of aryl methyl sites for hydroxylation is 1. The first-order valence-corrected chi connectivity index (χ1v) is 5.48. The van der Waals surface area contributed by atoms with Gasteiger partial charge in [0.2, 0.25) is 0 Å². The zero-order valence-corrected chi connectivity index (χ0v) is 9.65. The molecule has 1 aromatic carbocycles. The molecule has 0 bridgehead atoms. The Bertz CT molecular complexity index is 570. The molecule has 2 rings (SSSR count). The minimum Gasteiger partial charge on any atom is -0.329 e. The molecule has 0 unspecified atom stereocenters. The second kappa shape index (κ2) is 4.54. The maximum atomic E-state index is 13.6. The summed E-state index contributed by atoms with van der Waals surface area (Å²) in [6.07, 6.45) is 3.34. The van der Waals surface area contributed by atoms with Gasteiger partial charge in [0.05, 0.1) is 15.9 Å². The number of non-ortho nitro benzene ring substituents is 1. The normalized spacial score (nSPS) is 10.5. The van der Waals surface area contributed by atoms with Gasteiger partial charge >= 0.3 is 0 Å². The SMILES string of the molecule is Cn1ccnc1Sc1ccc([N+](=O)[O-])cc1F. The Hall–Kier alpha value is -1.89. The van der Waals surface area contributed by atoms with Crippen molar-refractivity contribution in [2.24, 2.45) is 7.05 Å². The number of aromatic nitrogens is 2. The third kappa shape index (κ3) is 2.44. The molecular formula is C10H8FN3O2S. The maximum Gasteiger partial charge on any atom is 0.272 e. The van der Waals surface area contributed by atoms with Crippen molar-refractivity contribution in [3.8, 4) is 0 Å². The largest absolute Gasteiger partial charge is 0.329 e. The van der Waals surface area contributed by atoms with Gasteiger partial charge in [0, 0.05) is 25.5 Å². The van der Waals surface area contributed by atoms with Crippen molar-refractivity contribution >= 4 is 17.4 Å². The molecule has 0 aliphatic rings. The van der Waals surface area contributed by atoms with E-state index in [-0.39, 0.29) is 5.69 Å². The lowest BCUT2D eigenvalue weighted by Gasteiger charge is -2.02. The van der Waals surface area contributed by atoms with Crippen LogP contribution in [0.25, 0.3) is 0 Å². The minimum absolute atomic E-state index is 0.258. The van der Waals surface area contributed by atoms with Crippen LogP contribution in [0.5, 0.6) is 0 Å². The average molecular weight is 253 g/mol. The van der Waals surface area contributed by atoms with Crippen molar-refractivity contribution in [1.29, 1.82) is 0 Å². The predicted molar refractivity (Wildman–Crippen MR) is 60.4 cm³/mol. The van der Waals surface area contributed by atoms with E-state index in [2.05, 4.69) is 4.98 Å². The van der Waals surface area contributed by atoms with Gasteiger partial charge < -0.3 is 4.57 Å². The fourth-order valence-corrected chi connectivity index (χ4v) is 2.04. The number of nitro groups is 1. The summed E-state index contributed by atoms with van der Waals surface area (Å²) in [6, 6.07) is 3.56. The standard InChI is InChI=1S/C10H8FN3O2S/c1-13-5-4-12-10(13)17-9-3-2-7(14(15)16)6-8(9)11/h2-6H,1H3. The van der Waals surface area contributed by atoms with Gasteiger partial charge in [-0.2, -0.15) is 0 Å². The van der Waals surface area contributed by atoms with E-state index in [1.54, 1.807) is 24.0 Å². The Balaban J connectivity index is 2.29. The second-order valence-electron chi connectivity index (χ2n) is 3.29. The lowest BCUT2D eigenvalue weighted by Crippen LogP contribution is -1.92. The van der Waals surface area contributed by atoms with Crippen LogP contribution in [0.2, 0.25) is 0 Å². The molecular weight excluding hydrogens is 245 g/mol. The molecule has 0 saturated heterocycles. The number of rotatable bonds is 3. The highest BCUT2D eigenvalue weighted by Crippen LogP contribution is 2.30. The number of imidazole rings is 1. The summed E-state index contributed by atoms with van der Waals surface area (Å²) < 4.78 is 15.3. The zero-order chi connectivity index (χ0) is 12.4. The van der Waals surface area contributed by atoms with E-state index in [9.17, 15) is 14.5 Å². The van der Waals surface area contributed by atoms with Crippen molar-refractivity contribution in [1.82, 2.24) is 9.55 Å². The summed E-state index contributed by atoms with van der Waals surface area (Å²) in [5.41, 5.74) is -0.258. The third-order valence-electron chi connectivity index (χ3n) is 2.10. The predicted octanol–water partition coefficient (Wildman–Crippen LogP) is 2.62. The van der Waals surface area contributed by atoms with Gasteiger partial charge in [0.15, 0.2) is 5.16 Å². The lowest BCUT2D eigenvalue weighted by molar-refractivity contribution is -0.385. The van der Waals surface area contributed by atoms with E-state index in [1.807, 2.05) is 0 Å². The van der Waals surface area contributed by atoms with Crippen LogP contribution < -0.4 is 0 Å². The average Bonchev–Trinajstić information content (AvgIpc) is 2.67. The molecule has 0 saturated carbocycles. The van der Waals surface area contributed by atoms with Crippen molar-refractivity contribution in [3.63, 3.8) is 0 Å². The topological polar surface area (TPSA) is 61.0 Å². The fraction of sp³-hybridized carbons (Fsp3) is 0.100. The highest BCUT2D eigenvalue weighted by atomic mass is 32.2. The summed E-state index contributed by atoms with van der Waals surface area (Å²) in [5, 5.41) is 11.1. The Morgan fingerprint density at radius 2 is 2.29 bits per heavy atom. The number of hydrogen-bond donors (Lipinski definition) is 0. The Kier molecular flexibility index (Phi) is 3.10. The third-order valence-corrected chi connectivity index (χ3v) is 3.23. The van der Waals surface area contributed by atoms with Crippen LogP contribution in [-0.2, 0) is 7.05 Å². The Morgan fingerprint density at radius 1 is 1.53 bits per heavy atom. The molecule has 0 amide bonds.